The van der Waals surface area contributed by atoms with Crippen LogP contribution in [0.3, 0.4) is 0 Å². The average Bonchev–Trinajstić information content (AvgIpc) is 2.87. The van der Waals surface area contributed by atoms with Gasteiger partial charge in [0, 0.05) is 15.6 Å². The zero-order chi connectivity index (χ0) is 13.7. The third kappa shape index (κ3) is 3.58. The molecule has 0 saturated carbocycles. The van der Waals surface area contributed by atoms with E-state index in [4.69, 9.17) is 0 Å². The summed E-state index contributed by atoms with van der Waals surface area (Å²) in [5.41, 5.74) is 0. The van der Waals surface area contributed by atoms with Crippen LogP contribution in [0.2, 0.25) is 0 Å². The molecule has 0 aliphatic carbocycles. The summed E-state index contributed by atoms with van der Waals surface area (Å²) in [6, 6.07) is 11.6. The van der Waals surface area contributed by atoms with E-state index in [1.54, 1.807) is 0 Å². The summed E-state index contributed by atoms with van der Waals surface area (Å²) in [4.78, 5) is 1.50. The SMILES string of the molecule is CCNC(CC(CC)CC)c1cc2ccccc2s1. The molecule has 0 bridgehead atoms. The second-order valence-corrected chi connectivity index (χ2v) is 6.33. The van der Waals surface area contributed by atoms with Crippen molar-refractivity contribution in [3.63, 3.8) is 0 Å². The largest absolute Gasteiger partial charge is 0.310 e. The van der Waals surface area contributed by atoms with Crippen molar-refractivity contribution in [3.05, 3.63) is 35.2 Å². The summed E-state index contributed by atoms with van der Waals surface area (Å²) in [6.07, 6.45) is 3.82. The summed E-state index contributed by atoms with van der Waals surface area (Å²) in [7, 11) is 0. The molecule has 19 heavy (non-hydrogen) atoms. The predicted molar refractivity (Wildman–Crippen MR) is 86.9 cm³/mol. The van der Waals surface area contributed by atoms with Crippen LogP contribution in [0.25, 0.3) is 10.1 Å². The fourth-order valence-corrected chi connectivity index (χ4v) is 3.83. The van der Waals surface area contributed by atoms with Crippen LogP contribution < -0.4 is 5.32 Å². The van der Waals surface area contributed by atoms with E-state index in [9.17, 15) is 0 Å². The molecule has 0 aliphatic heterocycles. The van der Waals surface area contributed by atoms with Crippen LogP contribution in [0.4, 0.5) is 0 Å². The zero-order valence-corrected chi connectivity index (χ0v) is 13.1. The molecule has 0 radical (unpaired) electrons. The molecule has 1 heterocycles. The number of hydrogen-bond acceptors (Lipinski definition) is 2. The van der Waals surface area contributed by atoms with E-state index in [0.29, 0.717) is 6.04 Å². The topological polar surface area (TPSA) is 12.0 Å². The molecule has 1 aromatic heterocycles. The van der Waals surface area contributed by atoms with Gasteiger partial charge >= 0.3 is 0 Å². The minimum absolute atomic E-state index is 0.521. The quantitative estimate of drug-likeness (QED) is 0.715. The molecule has 0 spiro atoms. The summed E-state index contributed by atoms with van der Waals surface area (Å²) >= 11 is 1.95. The van der Waals surface area contributed by atoms with Crippen LogP contribution in [0, 0.1) is 5.92 Å². The highest BCUT2D eigenvalue weighted by atomic mass is 32.1. The minimum Gasteiger partial charge on any atom is -0.310 e. The maximum absolute atomic E-state index is 3.67. The van der Waals surface area contributed by atoms with Crippen LogP contribution in [-0.4, -0.2) is 6.54 Å². The highest BCUT2D eigenvalue weighted by Crippen LogP contribution is 2.33. The van der Waals surface area contributed by atoms with Crippen molar-refractivity contribution in [3.8, 4) is 0 Å². The number of rotatable bonds is 7. The molecule has 1 nitrogen and oxygen atoms in total. The van der Waals surface area contributed by atoms with Crippen molar-refractivity contribution in [1.82, 2.24) is 5.32 Å². The molecule has 0 aliphatic rings. The summed E-state index contributed by atoms with van der Waals surface area (Å²) in [5.74, 6) is 0.828. The summed E-state index contributed by atoms with van der Waals surface area (Å²) < 4.78 is 1.41. The Balaban J connectivity index is 2.22. The number of thiophene rings is 1. The molecule has 0 saturated heterocycles. The monoisotopic (exact) mass is 275 g/mol. The first-order chi connectivity index (χ1) is 9.28. The molecule has 0 fully saturated rings. The molecule has 1 aromatic carbocycles. The first-order valence-electron chi connectivity index (χ1n) is 7.50. The van der Waals surface area contributed by atoms with E-state index in [2.05, 4.69) is 56.4 Å². The lowest BCUT2D eigenvalue weighted by Gasteiger charge is -2.21. The average molecular weight is 275 g/mol. The first-order valence-corrected chi connectivity index (χ1v) is 8.31. The summed E-state index contributed by atoms with van der Waals surface area (Å²) in [6.45, 7) is 7.86. The Morgan fingerprint density at radius 2 is 1.84 bits per heavy atom. The molecule has 2 heteroatoms. The molecule has 1 atom stereocenters. The fraction of sp³-hybridized carbons (Fsp3) is 0.529. The van der Waals surface area contributed by atoms with Crippen LogP contribution in [-0.2, 0) is 0 Å². The van der Waals surface area contributed by atoms with Crippen molar-refractivity contribution in [2.75, 3.05) is 6.54 Å². The first kappa shape index (κ1) is 14.5. The van der Waals surface area contributed by atoms with Gasteiger partial charge in [0.25, 0.3) is 0 Å². The lowest BCUT2D eigenvalue weighted by molar-refractivity contribution is 0.379. The van der Waals surface area contributed by atoms with Crippen LogP contribution >= 0.6 is 11.3 Å². The van der Waals surface area contributed by atoms with Crippen molar-refractivity contribution in [2.45, 2.75) is 46.1 Å². The number of benzene rings is 1. The van der Waals surface area contributed by atoms with E-state index in [-0.39, 0.29) is 0 Å². The third-order valence-electron chi connectivity index (χ3n) is 3.96. The number of nitrogens with one attached hydrogen (secondary N) is 1. The maximum Gasteiger partial charge on any atom is 0.0417 e. The Morgan fingerprint density at radius 3 is 2.47 bits per heavy atom. The number of fused-ring (bicyclic) bond motifs is 1. The van der Waals surface area contributed by atoms with Gasteiger partial charge in [-0.2, -0.15) is 0 Å². The minimum atomic E-state index is 0.521. The van der Waals surface area contributed by atoms with Gasteiger partial charge < -0.3 is 5.32 Å². The Hall–Kier alpha value is -0.860. The van der Waals surface area contributed by atoms with E-state index < -0.39 is 0 Å². The van der Waals surface area contributed by atoms with Crippen LogP contribution in [0.15, 0.2) is 30.3 Å². The summed E-state index contributed by atoms with van der Waals surface area (Å²) in [5, 5.41) is 5.05. The van der Waals surface area contributed by atoms with Gasteiger partial charge in [0.1, 0.15) is 0 Å². The van der Waals surface area contributed by atoms with Gasteiger partial charge in [-0.1, -0.05) is 51.8 Å². The highest BCUT2D eigenvalue weighted by molar-refractivity contribution is 7.19. The highest BCUT2D eigenvalue weighted by Gasteiger charge is 2.17. The molecular weight excluding hydrogens is 250 g/mol. The Labute approximate surface area is 121 Å². The maximum atomic E-state index is 3.67. The van der Waals surface area contributed by atoms with Crippen molar-refractivity contribution in [2.24, 2.45) is 5.92 Å². The van der Waals surface area contributed by atoms with Gasteiger partial charge in [-0.25, -0.2) is 0 Å². The van der Waals surface area contributed by atoms with E-state index in [1.807, 2.05) is 11.3 Å². The molecule has 2 rings (SSSR count). The molecule has 1 unspecified atom stereocenters. The lowest BCUT2D eigenvalue weighted by Crippen LogP contribution is -2.22. The fourth-order valence-electron chi connectivity index (χ4n) is 2.68. The van der Waals surface area contributed by atoms with Crippen molar-refractivity contribution in [1.29, 1.82) is 0 Å². The van der Waals surface area contributed by atoms with E-state index >= 15 is 0 Å². The van der Waals surface area contributed by atoms with Crippen molar-refractivity contribution >= 4 is 21.4 Å². The molecule has 104 valence electrons. The molecule has 1 N–H and O–H groups in total. The molecular formula is C17H25NS. The smallest absolute Gasteiger partial charge is 0.0417 e. The second kappa shape index (κ2) is 7.06. The van der Waals surface area contributed by atoms with Gasteiger partial charge in [-0.15, -0.1) is 11.3 Å². The predicted octanol–water partition coefficient (Wildman–Crippen LogP) is 5.38. The standard InChI is InChI=1S/C17H25NS/c1-4-13(5-2)11-15(18-6-3)17-12-14-9-7-8-10-16(14)19-17/h7-10,12-13,15,18H,4-6,11H2,1-3H3. The number of hydrogen-bond donors (Lipinski definition) is 1. The Kier molecular flexibility index (Phi) is 5.41. The third-order valence-corrected chi connectivity index (χ3v) is 5.19. The Bertz CT molecular complexity index is 466. The zero-order valence-electron chi connectivity index (χ0n) is 12.3. The Morgan fingerprint density at radius 1 is 1.11 bits per heavy atom. The van der Waals surface area contributed by atoms with Crippen LogP contribution in [0.1, 0.15) is 51.0 Å². The molecule has 2 aromatic rings. The second-order valence-electron chi connectivity index (χ2n) is 5.22. The van der Waals surface area contributed by atoms with E-state index in [1.165, 1.54) is 34.2 Å². The molecule has 0 amide bonds. The van der Waals surface area contributed by atoms with Crippen LogP contribution in [0.5, 0.6) is 0 Å². The van der Waals surface area contributed by atoms with Gasteiger partial charge in [-0.05, 0) is 36.4 Å². The van der Waals surface area contributed by atoms with Gasteiger partial charge in [0.2, 0.25) is 0 Å². The van der Waals surface area contributed by atoms with E-state index in [0.717, 1.165) is 12.5 Å². The normalized spacial score (nSPS) is 13.3. The van der Waals surface area contributed by atoms with Gasteiger partial charge in [0.05, 0.1) is 0 Å². The lowest BCUT2D eigenvalue weighted by atomic mass is 9.94. The van der Waals surface area contributed by atoms with Gasteiger partial charge in [-0.3, -0.25) is 0 Å². The van der Waals surface area contributed by atoms with Crippen molar-refractivity contribution < 1.29 is 0 Å². The van der Waals surface area contributed by atoms with Gasteiger partial charge in [0.15, 0.2) is 0 Å².